The number of aromatic amines is 2. The molecule has 7 nitrogen and oxygen atoms in total. The van der Waals surface area contributed by atoms with Crippen molar-refractivity contribution in [2.24, 2.45) is 0 Å². The second-order valence-corrected chi connectivity index (χ2v) is 7.18. The Bertz CT molecular complexity index is 952. The van der Waals surface area contributed by atoms with Gasteiger partial charge in [0.2, 0.25) is 5.95 Å². The first-order valence-corrected chi connectivity index (χ1v) is 9.03. The van der Waals surface area contributed by atoms with Crippen LogP contribution in [0.25, 0.3) is 10.9 Å². The fourth-order valence-corrected chi connectivity index (χ4v) is 3.56. The third kappa shape index (κ3) is 3.35. The van der Waals surface area contributed by atoms with Gasteiger partial charge in [-0.15, -0.1) is 5.10 Å². The highest BCUT2D eigenvalue weighted by Gasteiger charge is 2.24. The van der Waals surface area contributed by atoms with Gasteiger partial charge in [-0.05, 0) is 43.5 Å². The summed E-state index contributed by atoms with van der Waals surface area (Å²) in [6.45, 7) is 2.59. The Balaban J connectivity index is 1.42. The monoisotopic (exact) mass is 352 g/mol. The molecule has 1 fully saturated rings. The summed E-state index contributed by atoms with van der Waals surface area (Å²) in [6, 6.07) is 9.92. The molecule has 136 valence electrons. The zero-order valence-electron chi connectivity index (χ0n) is 15.2. The average molecular weight is 352 g/mol. The minimum absolute atomic E-state index is 0.0108. The molecule has 2 N–H and O–H groups in total. The maximum Gasteiger partial charge on any atom is 0.252 e. The number of para-hydroxylation sites is 1. The van der Waals surface area contributed by atoms with Crippen molar-refractivity contribution in [1.82, 2.24) is 25.1 Å². The normalized spacial score (nSPS) is 16.2. The third-order valence-electron chi connectivity index (χ3n) is 5.09. The van der Waals surface area contributed by atoms with Crippen LogP contribution in [0.1, 0.15) is 30.1 Å². The highest BCUT2D eigenvalue weighted by atomic mass is 16.1. The number of benzene rings is 1. The van der Waals surface area contributed by atoms with Gasteiger partial charge in [-0.1, -0.05) is 18.2 Å². The van der Waals surface area contributed by atoms with Crippen LogP contribution in [0.15, 0.2) is 35.1 Å². The van der Waals surface area contributed by atoms with E-state index in [9.17, 15) is 4.79 Å². The lowest BCUT2D eigenvalue weighted by Gasteiger charge is -2.30. The number of likely N-dealkylation sites (tertiary alicyclic amines) is 1. The predicted molar refractivity (Wildman–Crippen MR) is 103 cm³/mol. The second-order valence-electron chi connectivity index (χ2n) is 7.18. The van der Waals surface area contributed by atoms with Crippen LogP contribution in [0.2, 0.25) is 0 Å². The van der Waals surface area contributed by atoms with E-state index in [2.05, 4.69) is 25.1 Å². The van der Waals surface area contributed by atoms with E-state index >= 15 is 0 Å². The van der Waals surface area contributed by atoms with Crippen molar-refractivity contribution in [1.29, 1.82) is 0 Å². The summed E-state index contributed by atoms with van der Waals surface area (Å²) in [5.74, 6) is 2.10. The molecule has 4 rings (SSSR count). The number of hydrogen-bond donors (Lipinski definition) is 2. The summed E-state index contributed by atoms with van der Waals surface area (Å²) >= 11 is 0. The fourth-order valence-electron chi connectivity index (χ4n) is 3.56. The van der Waals surface area contributed by atoms with E-state index in [1.54, 1.807) is 0 Å². The van der Waals surface area contributed by atoms with Gasteiger partial charge >= 0.3 is 0 Å². The first-order chi connectivity index (χ1) is 12.6. The standard InChI is InChI=1S/C19H24N6O/c1-24(2)19-21-17(22-23-19)13-7-9-25(10-8-13)12-15-11-14-5-3-4-6-16(14)20-18(15)26/h3-6,11,13H,7-10,12H2,1-2H3,(H,20,26)(H,21,22,23). The largest absolute Gasteiger partial charge is 0.346 e. The van der Waals surface area contributed by atoms with Crippen LogP contribution in [0, 0.1) is 0 Å². The van der Waals surface area contributed by atoms with E-state index in [0.29, 0.717) is 12.5 Å². The number of rotatable bonds is 4. The van der Waals surface area contributed by atoms with Crippen molar-refractivity contribution in [2.75, 3.05) is 32.1 Å². The van der Waals surface area contributed by atoms with E-state index in [-0.39, 0.29) is 5.56 Å². The number of hydrogen-bond acceptors (Lipinski definition) is 5. The molecule has 2 aromatic heterocycles. The van der Waals surface area contributed by atoms with Gasteiger partial charge < -0.3 is 9.88 Å². The minimum atomic E-state index is 0.0108. The molecule has 7 heteroatoms. The lowest BCUT2D eigenvalue weighted by atomic mass is 9.96. The molecule has 0 bridgehead atoms. The van der Waals surface area contributed by atoms with Crippen molar-refractivity contribution in [3.05, 3.63) is 52.1 Å². The molecule has 3 aromatic rings. The summed E-state index contributed by atoms with van der Waals surface area (Å²) in [4.78, 5) is 24.2. The molecule has 0 unspecified atom stereocenters. The number of nitrogens with one attached hydrogen (secondary N) is 2. The van der Waals surface area contributed by atoms with Gasteiger partial charge in [-0.2, -0.15) is 4.98 Å². The van der Waals surface area contributed by atoms with Crippen LogP contribution in [0.5, 0.6) is 0 Å². The SMILES string of the molecule is CN(C)c1n[nH]c(C2CCN(Cc3cc4ccccc4[nH]c3=O)CC2)n1. The van der Waals surface area contributed by atoms with E-state index < -0.39 is 0 Å². The molecule has 0 spiro atoms. The molecule has 1 saturated heterocycles. The van der Waals surface area contributed by atoms with E-state index in [1.807, 2.05) is 49.3 Å². The van der Waals surface area contributed by atoms with Gasteiger partial charge in [0.05, 0.1) is 0 Å². The van der Waals surface area contributed by atoms with Gasteiger partial charge in [-0.3, -0.25) is 14.8 Å². The molecule has 0 saturated carbocycles. The first-order valence-electron chi connectivity index (χ1n) is 9.03. The average Bonchev–Trinajstić information content (AvgIpc) is 3.13. The minimum Gasteiger partial charge on any atom is -0.346 e. The Morgan fingerprint density at radius 1 is 1.23 bits per heavy atom. The maximum atomic E-state index is 12.3. The zero-order valence-corrected chi connectivity index (χ0v) is 15.2. The smallest absolute Gasteiger partial charge is 0.252 e. The van der Waals surface area contributed by atoms with Crippen molar-refractivity contribution in [3.63, 3.8) is 0 Å². The molecule has 26 heavy (non-hydrogen) atoms. The molecular formula is C19H24N6O. The number of fused-ring (bicyclic) bond motifs is 1. The lowest BCUT2D eigenvalue weighted by molar-refractivity contribution is 0.201. The second kappa shape index (κ2) is 6.92. The summed E-state index contributed by atoms with van der Waals surface area (Å²) < 4.78 is 0. The Morgan fingerprint density at radius 2 is 2.00 bits per heavy atom. The number of H-pyrrole nitrogens is 2. The molecule has 1 aliphatic heterocycles. The van der Waals surface area contributed by atoms with Gasteiger partial charge in [0.1, 0.15) is 5.82 Å². The summed E-state index contributed by atoms with van der Waals surface area (Å²) in [6.07, 6.45) is 2.04. The molecule has 1 aliphatic rings. The number of piperidine rings is 1. The highest BCUT2D eigenvalue weighted by molar-refractivity contribution is 5.78. The number of nitrogens with zero attached hydrogens (tertiary/aromatic N) is 4. The summed E-state index contributed by atoms with van der Waals surface area (Å²) in [7, 11) is 3.88. The van der Waals surface area contributed by atoms with Gasteiger partial charge in [0.15, 0.2) is 0 Å². The number of anilines is 1. The van der Waals surface area contributed by atoms with Crippen LogP contribution >= 0.6 is 0 Å². The van der Waals surface area contributed by atoms with Gasteiger partial charge in [0.25, 0.3) is 5.56 Å². The van der Waals surface area contributed by atoms with Crippen LogP contribution < -0.4 is 10.5 Å². The molecule has 3 heterocycles. The van der Waals surface area contributed by atoms with Gasteiger partial charge in [-0.25, -0.2) is 0 Å². The molecule has 0 amide bonds. The van der Waals surface area contributed by atoms with Crippen molar-refractivity contribution in [3.8, 4) is 0 Å². The zero-order chi connectivity index (χ0) is 18.1. The van der Waals surface area contributed by atoms with Crippen LogP contribution in [0.3, 0.4) is 0 Å². The number of aromatic nitrogens is 4. The third-order valence-corrected chi connectivity index (χ3v) is 5.09. The van der Waals surface area contributed by atoms with Crippen LogP contribution in [-0.4, -0.2) is 52.3 Å². The molecular weight excluding hydrogens is 328 g/mol. The number of pyridine rings is 1. The molecule has 0 atom stereocenters. The Labute approximate surface area is 152 Å². The van der Waals surface area contributed by atoms with Crippen molar-refractivity contribution < 1.29 is 0 Å². The Morgan fingerprint density at radius 3 is 2.73 bits per heavy atom. The Kier molecular flexibility index (Phi) is 4.46. The molecule has 1 aromatic carbocycles. The quantitative estimate of drug-likeness (QED) is 0.751. The highest BCUT2D eigenvalue weighted by Crippen LogP contribution is 2.27. The molecule has 0 aliphatic carbocycles. The lowest BCUT2D eigenvalue weighted by Crippen LogP contribution is -2.34. The van der Waals surface area contributed by atoms with E-state index in [1.165, 1.54) is 0 Å². The topological polar surface area (TPSA) is 80.9 Å². The molecule has 0 radical (unpaired) electrons. The van der Waals surface area contributed by atoms with Crippen molar-refractivity contribution in [2.45, 2.75) is 25.3 Å². The fraction of sp³-hybridized carbons (Fsp3) is 0.421. The van der Waals surface area contributed by atoms with E-state index in [4.69, 9.17) is 0 Å². The maximum absolute atomic E-state index is 12.3. The summed E-state index contributed by atoms with van der Waals surface area (Å²) in [5, 5.41) is 8.40. The van der Waals surface area contributed by atoms with Crippen LogP contribution in [0.4, 0.5) is 5.95 Å². The predicted octanol–water partition coefficient (Wildman–Crippen LogP) is 2.09. The van der Waals surface area contributed by atoms with Crippen LogP contribution in [-0.2, 0) is 6.54 Å². The Hall–Kier alpha value is -2.67. The van der Waals surface area contributed by atoms with Crippen molar-refractivity contribution >= 4 is 16.9 Å². The van der Waals surface area contributed by atoms with Gasteiger partial charge in [0, 0.05) is 37.6 Å². The first kappa shape index (κ1) is 16.8. The summed E-state index contributed by atoms with van der Waals surface area (Å²) in [5.41, 5.74) is 1.73. The van der Waals surface area contributed by atoms with E-state index in [0.717, 1.165) is 54.2 Å².